The van der Waals surface area contributed by atoms with E-state index in [4.69, 9.17) is 0 Å². The third-order valence-corrected chi connectivity index (χ3v) is 4.10. The summed E-state index contributed by atoms with van der Waals surface area (Å²) in [4.78, 5) is 16.3. The summed E-state index contributed by atoms with van der Waals surface area (Å²) in [7, 11) is 0. The lowest BCUT2D eigenvalue weighted by atomic mass is 9.89. The van der Waals surface area contributed by atoms with Crippen molar-refractivity contribution in [2.45, 2.75) is 12.8 Å². The van der Waals surface area contributed by atoms with Gasteiger partial charge >= 0.3 is 0 Å². The van der Waals surface area contributed by atoms with E-state index in [9.17, 15) is 4.79 Å². The van der Waals surface area contributed by atoms with Crippen LogP contribution in [0.4, 0.5) is 0 Å². The molecule has 1 aliphatic carbocycles. The maximum atomic E-state index is 12.4. The van der Waals surface area contributed by atoms with Crippen LogP contribution in [0.25, 0.3) is 11.3 Å². The van der Waals surface area contributed by atoms with Gasteiger partial charge in [-0.1, -0.05) is 24.3 Å². The largest absolute Gasteiger partial charge is 0.289 e. The molecule has 1 amide bonds. The second kappa shape index (κ2) is 6.08. The molecule has 0 atom stereocenters. The molecule has 24 heavy (non-hydrogen) atoms. The molecule has 3 aromatic rings. The number of rotatable bonds is 3. The van der Waals surface area contributed by atoms with Crippen LogP contribution >= 0.6 is 0 Å². The van der Waals surface area contributed by atoms with Crippen LogP contribution in [0.15, 0.2) is 53.9 Å². The summed E-state index contributed by atoms with van der Waals surface area (Å²) in [6.07, 6.45) is 6.62. The first kappa shape index (κ1) is 14.3. The van der Waals surface area contributed by atoms with Crippen LogP contribution in [0.2, 0.25) is 0 Å². The lowest BCUT2D eigenvalue weighted by Crippen LogP contribution is -2.20. The number of fused-ring (bicyclic) bond motifs is 3. The van der Waals surface area contributed by atoms with Gasteiger partial charge in [0, 0.05) is 23.5 Å². The molecule has 0 fully saturated rings. The molecule has 6 nitrogen and oxygen atoms in total. The summed E-state index contributed by atoms with van der Waals surface area (Å²) in [6, 6.07) is 11.8. The van der Waals surface area contributed by atoms with Gasteiger partial charge in [0.2, 0.25) is 0 Å². The highest BCUT2D eigenvalue weighted by Gasteiger charge is 2.24. The number of aromatic nitrogens is 3. The molecule has 1 aliphatic rings. The quantitative estimate of drug-likeness (QED) is 0.574. The predicted octanol–water partition coefficient (Wildman–Crippen LogP) is 2.33. The SMILES string of the molecule is O=C(NN=Cc1ccncc1)c1[nH]nc2c1CCc1ccccc1-2. The average Bonchev–Trinajstić information content (AvgIpc) is 3.07. The zero-order chi connectivity index (χ0) is 16.4. The van der Waals surface area contributed by atoms with Crippen LogP contribution < -0.4 is 5.43 Å². The summed E-state index contributed by atoms with van der Waals surface area (Å²) in [5, 5.41) is 11.2. The smallest absolute Gasteiger partial charge is 0.272 e. The number of aromatic amines is 1. The van der Waals surface area contributed by atoms with E-state index in [1.54, 1.807) is 18.6 Å². The van der Waals surface area contributed by atoms with Crippen molar-refractivity contribution in [3.05, 3.63) is 71.2 Å². The molecule has 0 bridgehead atoms. The van der Waals surface area contributed by atoms with Crippen molar-refractivity contribution in [3.63, 3.8) is 0 Å². The minimum Gasteiger partial charge on any atom is -0.272 e. The van der Waals surface area contributed by atoms with E-state index in [-0.39, 0.29) is 5.91 Å². The summed E-state index contributed by atoms with van der Waals surface area (Å²) in [6.45, 7) is 0. The van der Waals surface area contributed by atoms with Gasteiger partial charge in [0.25, 0.3) is 5.91 Å². The van der Waals surface area contributed by atoms with Gasteiger partial charge in [-0.3, -0.25) is 14.9 Å². The number of amides is 1. The first-order valence-electron chi connectivity index (χ1n) is 7.72. The molecule has 2 aromatic heterocycles. The van der Waals surface area contributed by atoms with Crippen molar-refractivity contribution >= 4 is 12.1 Å². The van der Waals surface area contributed by atoms with E-state index in [0.29, 0.717) is 5.69 Å². The molecule has 1 aromatic carbocycles. The Bertz CT molecular complexity index is 914. The first-order valence-corrected chi connectivity index (χ1v) is 7.72. The van der Waals surface area contributed by atoms with Crippen molar-refractivity contribution in [2.24, 2.45) is 5.10 Å². The minimum absolute atomic E-state index is 0.284. The third-order valence-electron chi connectivity index (χ3n) is 4.10. The van der Waals surface area contributed by atoms with Gasteiger partial charge in [-0.2, -0.15) is 10.2 Å². The normalized spacial score (nSPS) is 12.7. The van der Waals surface area contributed by atoms with Gasteiger partial charge in [-0.25, -0.2) is 5.43 Å². The highest BCUT2D eigenvalue weighted by molar-refractivity contribution is 5.96. The molecule has 4 rings (SSSR count). The van der Waals surface area contributed by atoms with Gasteiger partial charge in [0.05, 0.1) is 11.9 Å². The Morgan fingerprint density at radius 3 is 2.88 bits per heavy atom. The minimum atomic E-state index is -0.284. The number of hydrogen-bond acceptors (Lipinski definition) is 4. The molecule has 0 radical (unpaired) electrons. The Hall–Kier alpha value is -3.28. The zero-order valence-electron chi connectivity index (χ0n) is 12.9. The summed E-state index contributed by atoms with van der Waals surface area (Å²) in [5.74, 6) is -0.284. The fraction of sp³-hybridized carbons (Fsp3) is 0.111. The van der Waals surface area contributed by atoms with Crippen LogP contribution in [0.1, 0.15) is 27.2 Å². The maximum Gasteiger partial charge on any atom is 0.289 e. The number of hydrogen-bond donors (Lipinski definition) is 2. The van der Waals surface area contributed by atoms with Crippen LogP contribution in [0.5, 0.6) is 0 Å². The van der Waals surface area contributed by atoms with Gasteiger partial charge in [-0.05, 0) is 36.1 Å². The molecule has 2 heterocycles. The highest BCUT2D eigenvalue weighted by atomic mass is 16.2. The molecule has 0 saturated heterocycles. The Balaban J connectivity index is 1.55. The number of benzene rings is 1. The van der Waals surface area contributed by atoms with E-state index in [0.717, 1.165) is 35.2 Å². The summed E-state index contributed by atoms with van der Waals surface area (Å²) in [5.41, 5.74) is 8.06. The second-order valence-electron chi connectivity index (χ2n) is 5.56. The predicted molar refractivity (Wildman–Crippen MR) is 90.7 cm³/mol. The summed E-state index contributed by atoms with van der Waals surface area (Å²) < 4.78 is 0. The lowest BCUT2D eigenvalue weighted by Gasteiger charge is -2.15. The Kier molecular flexibility index (Phi) is 3.63. The number of carbonyl (C=O) groups excluding carboxylic acids is 1. The highest BCUT2D eigenvalue weighted by Crippen LogP contribution is 2.33. The number of carbonyl (C=O) groups is 1. The van der Waals surface area contributed by atoms with E-state index < -0.39 is 0 Å². The fourth-order valence-electron chi connectivity index (χ4n) is 2.92. The number of pyridine rings is 1. The molecular formula is C18H15N5O. The molecular weight excluding hydrogens is 302 g/mol. The van der Waals surface area contributed by atoms with Crippen molar-refractivity contribution < 1.29 is 4.79 Å². The lowest BCUT2D eigenvalue weighted by molar-refractivity contribution is 0.0949. The Labute approximate surface area is 138 Å². The molecule has 2 N–H and O–H groups in total. The van der Waals surface area contributed by atoms with E-state index >= 15 is 0 Å². The van der Waals surface area contributed by atoms with Gasteiger partial charge in [0.15, 0.2) is 0 Å². The summed E-state index contributed by atoms with van der Waals surface area (Å²) >= 11 is 0. The molecule has 0 aliphatic heterocycles. The first-order chi connectivity index (χ1) is 11.8. The number of hydrazone groups is 1. The van der Waals surface area contributed by atoms with Crippen molar-refractivity contribution in [1.82, 2.24) is 20.6 Å². The van der Waals surface area contributed by atoms with Crippen LogP contribution in [-0.2, 0) is 12.8 Å². The molecule has 0 unspecified atom stereocenters. The monoisotopic (exact) mass is 317 g/mol. The third kappa shape index (κ3) is 2.58. The Morgan fingerprint density at radius 1 is 1.17 bits per heavy atom. The zero-order valence-corrected chi connectivity index (χ0v) is 12.9. The molecule has 6 heteroatoms. The average molecular weight is 317 g/mol. The van der Waals surface area contributed by atoms with E-state index in [1.807, 2.05) is 30.3 Å². The van der Waals surface area contributed by atoms with E-state index in [2.05, 4.69) is 31.8 Å². The number of aryl methyl sites for hydroxylation is 1. The second-order valence-corrected chi connectivity index (χ2v) is 5.56. The topological polar surface area (TPSA) is 83.0 Å². The van der Waals surface area contributed by atoms with Crippen molar-refractivity contribution in [1.29, 1.82) is 0 Å². The molecule has 0 saturated carbocycles. The van der Waals surface area contributed by atoms with Crippen molar-refractivity contribution in [3.8, 4) is 11.3 Å². The van der Waals surface area contributed by atoms with Crippen LogP contribution in [-0.4, -0.2) is 27.3 Å². The van der Waals surface area contributed by atoms with Crippen LogP contribution in [0.3, 0.4) is 0 Å². The van der Waals surface area contributed by atoms with Crippen molar-refractivity contribution in [2.75, 3.05) is 0 Å². The molecule has 0 spiro atoms. The van der Waals surface area contributed by atoms with E-state index in [1.165, 1.54) is 5.56 Å². The van der Waals surface area contributed by atoms with Gasteiger partial charge in [-0.15, -0.1) is 0 Å². The maximum absolute atomic E-state index is 12.4. The Morgan fingerprint density at radius 2 is 2.00 bits per heavy atom. The van der Waals surface area contributed by atoms with Gasteiger partial charge in [0.1, 0.15) is 5.69 Å². The standard InChI is InChI=1S/C18H15N5O/c24-18(23-20-11-12-7-9-19-10-8-12)17-15-6-5-13-3-1-2-4-14(13)16(15)21-22-17/h1-4,7-11H,5-6H2,(H,21,22)(H,23,24). The number of nitrogens with zero attached hydrogens (tertiary/aromatic N) is 3. The number of nitrogens with one attached hydrogen (secondary N) is 2. The van der Waals surface area contributed by atoms with Crippen LogP contribution in [0, 0.1) is 0 Å². The molecule has 118 valence electrons. The number of H-pyrrole nitrogens is 1. The fourth-order valence-corrected chi connectivity index (χ4v) is 2.92. The van der Waals surface area contributed by atoms with Gasteiger partial charge < -0.3 is 0 Å².